The predicted octanol–water partition coefficient (Wildman–Crippen LogP) is 2.54. The van der Waals surface area contributed by atoms with Gasteiger partial charge in [-0.3, -0.25) is 14.8 Å². The molecule has 0 saturated heterocycles. The van der Waals surface area contributed by atoms with E-state index in [1.165, 1.54) is 0 Å². The molecule has 0 spiro atoms. The molecule has 7 heteroatoms. The molecule has 2 rings (SSSR count). The number of benzene rings is 1. The van der Waals surface area contributed by atoms with Crippen molar-refractivity contribution in [2.24, 2.45) is 4.99 Å². The Kier molecular flexibility index (Phi) is 11.1. The predicted molar refractivity (Wildman–Crippen MR) is 121 cm³/mol. The molecule has 0 fully saturated rings. The van der Waals surface area contributed by atoms with E-state index >= 15 is 0 Å². The van der Waals surface area contributed by atoms with Gasteiger partial charge in [-0.25, -0.2) is 0 Å². The van der Waals surface area contributed by atoms with E-state index in [1.54, 1.807) is 6.20 Å². The van der Waals surface area contributed by atoms with E-state index in [-0.39, 0.29) is 29.9 Å². The fourth-order valence-electron chi connectivity index (χ4n) is 2.42. The van der Waals surface area contributed by atoms with Crippen molar-refractivity contribution in [3.8, 4) is 0 Å². The smallest absolute Gasteiger partial charge is 0.251 e. The molecule has 3 N–H and O–H groups in total. The van der Waals surface area contributed by atoms with E-state index in [1.807, 2.05) is 56.3 Å². The zero-order valence-electron chi connectivity index (χ0n) is 15.9. The van der Waals surface area contributed by atoms with E-state index in [4.69, 9.17) is 0 Å². The van der Waals surface area contributed by atoms with E-state index in [2.05, 4.69) is 25.9 Å². The summed E-state index contributed by atoms with van der Waals surface area (Å²) in [5.41, 5.74) is 2.78. The van der Waals surface area contributed by atoms with Crippen molar-refractivity contribution in [2.45, 2.75) is 20.3 Å². The molecular weight excluding hydrogens is 453 g/mol. The first-order valence-electron chi connectivity index (χ1n) is 8.96. The average Bonchev–Trinajstić information content (AvgIpc) is 2.66. The van der Waals surface area contributed by atoms with Crippen LogP contribution in [0.3, 0.4) is 0 Å². The highest BCUT2D eigenvalue weighted by atomic mass is 127. The summed E-state index contributed by atoms with van der Waals surface area (Å²) in [5, 5.41) is 9.34. The molecule has 27 heavy (non-hydrogen) atoms. The van der Waals surface area contributed by atoms with Crippen LogP contribution < -0.4 is 16.0 Å². The number of amides is 1. The Morgan fingerprint density at radius 1 is 1.07 bits per heavy atom. The number of nitrogens with one attached hydrogen (secondary N) is 3. The lowest BCUT2D eigenvalue weighted by molar-refractivity contribution is 0.0954. The SMILES string of the molecule is CCNC(=NCCc1ccccn1)NCCNC(=O)c1cccc(C)c1.I. The molecule has 1 aromatic carbocycles. The minimum Gasteiger partial charge on any atom is -0.357 e. The van der Waals surface area contributed by atoms with Gasteiger partial charge < -0.3 is 16.0 Å². The molecule has 1 aromatic heterocycles. The minimum atomic E-state index is -0.0624. The molecule has 0 aliphatic heterocycles. The van der Waals surface area contributed by atoms with Crippen molar-refractivity contribution in [3.05, 3.63) is 65.5 Å². The highest BCUT2D eigenvalue weighted by molar-refractivity contribution is 14.0. The molecule has 0 radical (unpaired) electrons. The molecule has 0 unspecified atom stereocenters. The van der Waals surface area contributed by atoms with E-state index in [0.29, 0.717) is 25.2 Å². The first-order chi connectivity index (χ1) is 12.7. The normalized spacial score (nSPS) is 10.7. The van der Waals surface area contributed by atoms with Crippen LogP contribution in [-0.4, -0.2) is 43.0 Å². The summed E-state index contributed by atoms with van der Waals surface area (Å²) in [6, 6.07) is 13.4. The lowest BCUT2D eigenvalue weighted by Crippen LogP contribution is -2.41. The molecule has 0 saturated carbocycles. The maximum Gasteiger partial charge on any atom is 0.251 e. The van der Waals surface area contributed by atoms with Gasteiger partial charge in [0.15, 0.2) is 5.96 Å². The van der Waals surface area contributed by atoms with E-state index < -0.39 is 0 Å². The Morgan fingerprint density at radius 2 is 1.89 bits per heavy atom. The molecule has 0 aliphatic carbocycles. The molecule has 6 nitrogen and oxygen atoms in total. The van der Waals surface area contributed by atoms with Gasteiger partial charge in [-0.1, -0.05) is 23.8 Å². The molecule has 0 atom stereocenters. The van der Waals surface area contributed by atoms with Crippen LogP contribution in [0, 0.1) is 6.92 Å². The van der Waals surface area contributed by atoms with Gasteiger partial charge in [-0.05, 0) is 38.1 Å². The number of hydrogen-bond acceptors (Lipinski definition) is 3. The van der Waals surface area contributed by atoms with Gasteiger partial charge in [0.05, 0.1) is 0 Å². The first-order valence-corrected chi connectivity index (χ1v) is 8.96. The number of aromatic nitrogens is 1. The summed E-state index contributed by atoms with van der Waals surface area (Å²) in [6.45, 7) is 6.56. The summed E-state index contributed by atoms with van der Waals surface area (Å²) < 4.78 is 0. The molecule has 1 heterocycles. The number of hydrogen-bond donors (Lipinski definition) is 3. The fourth-order valence-corrected chi connectivity index (χ4v) is 2.42. The Morgan fingerprint density at radius 3 is 2.59 bits per heavy atom. The number of carbonyl (C=O) groups is 1. The molecule has 0 bridgehead atoms. The quantitative estimate of drug-likeness (QED) is 0.235. The van der Waals surface area contributed by atoms with Gasteiger partial charge in [-0.2, -0.15) is 0 Å². The number of aryl methyl sites for hydroxylation is 1. The second kappa shape index (κ2) is 13.1. The van der Waals surface area contributed by atoms with Crippen LogP contribution >= 0.6 is 24.0 Å². The van der Waals surface area contributed by atoms with Crippen molar-refractivity contribution < 1.29 is 4.79 Å². The Bertz CT molecular complexity index is 721. The zero-order valence-corrected chi connectivity index (χ0v) is 18.2. The number of halogens is 1. The van der Waals surface area contributed by atoms with Crippen molar-refractivity contribution in [1.29, 1.82) is 0 Å². The summed E-state index contributed by atoms with van der Waals surface area (Å²) in [7, 11) is 0. The van der Waals surface area contributed by atoms with Crippen molar-refractivity contribution in [2.75, 3.05) is 26.2 Å². The van der Waals surface area contributed by atoms with Crippen LogP contribution in [0.25, 0.3) is 0 Å². The van der Waals surface area contributed by atoms with Gasteiger partial charge in [0.2, 0.25) is 0 Å². The minimum absolute atomic E-state index is 0. The Balaban J connectivity index is 0.00000364. The summed E-state index contributed by atoms with van der Waals surface area (Å²) >= 11 is 0. The number of nitrogens with zero attached hydrogens (tertiary/aromatic N) is 2. The largest absolute Gasteiger partial charge is 0.357 e. The van der Waals surface area contributed by atoms with Crippen LogP contribution in [0.5, 0.6) is 0 Å². The summed E-state index contributed by atoms with van der Waals surface area (Å²) in [4.78, 5) is 20.9. The lowest BCUT2D eigenvalue weighted by atomic mass is 10.1. The molecule has 1 amide bonds. The first kappa shape index (κ1) is 22.9. The maximum absolute atomic E-state index is 12.1. The second-order valence-corrected chi connectivity index (χ2v) is 5.88. The van der Waals surface area contributed by atoms with Crippen molar-refractivity contribution in [3.63, 3.8) is 0 Å². The lowest BCUT2D eigenvalue weighted by Gasteiger charge is -2.12. The second-order valence-electron chi connectivity index (χ2n) is 5.88. The average molecular weight is 481 g/mol. The number of guanidine groups is 1. The summed E-state index contributed by atoms with van der Waals surface area (Å²) in [5.74, 6) is 0.681. The zero-order chi connectivity index (χ0) is 18.6. The van der Waals surface area contributed by atoms with E-state index in [9.17, 15) is 4.79 Å². The van der Waals surface area contributed by atoms with Crippen LogP contribution in [0.15, 0.2) is 53.7 Å². The van der Waals surface area contributed by atoms with Gasteiger partial charge in [0.1, 0.15) is 0 Å². The maximum atomic E-state index is 12.1. The van der Waals surface area contributed by atoms with Crippen molar-refractivity contribution >= 4 is 35.8 Å². The number of rotatable bonds is 8. The van der Waals surface area contributed by atoms with E-state index in [0.717, 1.165) is 30.2 Å². The van der Waals surface area contributed by atoms with Crippen LogP contribution in [0.2, 0.25) is 0 Å². The monoisotopic (exact) mass is 481 g/mol. The van der Waals surface area contributed by atoms with Crippen molar-refractivity contribution in [1.82, 2.24) is 20.9 Å². The Labute approximate surface area is 178 Å². The highest BCUT2D eigenvalue weighted by Gasteiger charge is 2.04. The topological polar surface area (TPSA) is 78.4 Å². The third kappa shape index (κ3) is 8.85. The van der Waals surface area contributed by atoms with Gasteiger partial charge in [0, 0.05) is 50.1 Å². The number of aliphatic imine (C=N–C) groups is 1. The standard InChI is InChI=1S/C20H27N5O.HI/c1-3-21-20(24-12-10-18-9-4-5-11-22-18)25-14-13-23-19(26)17-8-6-7-16(2)15-17;/h4-9,11,15H,3,10,12-14H2,1-2H3,(H,23,26)(H2,21,24,25);1H. The third-order valence-electron chi connectivity index (χ3n) is 3.69. The van der Waals surface area contributed by atoms with Crippen LogP contribution in [-0.2, 0) is 6.42 Å². The molecule has 0 aliphatic rings. The molecule has 2 aromatic rings. The van der Waals surface area contributed by atoms with Crippen LogP contribution in [0.1, 0.15) is 28.5 Å². The van der Waals surface area contributed by atoms with Crippen LogP contribution in [0.4, 0.5) is 0 Å². The van der Waals surface area contributed by atoms with Gasteiger partial charge in [-0.15, -0.1) is 24.0 Å². The number of pyridine rings is 1. The summed E-state index contributed by atoms with van der Waals surface area (Å²) in [6.07, 6.45) is 2.58. The fraction of sp³-hybridized carbons (Fsp3) is 0.350. The van der Waals surface area contributed by atoms with Gasteiger partial charge in [0.25, 0.3) is 5.91 Å². The Hall–Kier alpha value is -2.16. The third-order valence-corrected chi connectivity index (χ3v) is 3.69. The number of carbonyl (C=O) groups excluding carboxylic acids is 1. The molecular formula is C20H28IN5O. The highest BCUT2D eigenvalue weighted by Crippen LogP contribution is 2.03. The van der Waals surface area contributed by atoms with Gasteiger partial charge >= 0.3 is 0 Å². The molecule has 146 valence electrons.